The van der Waals surface area contributed by atoms with Crippen LogP contribution in [-0.2, 0) is 11.2 Å². The molecule has 0 aromatic heterocycles. The van der Waals surface area contributed by atoms with Gasteiger partial charge in [-0.2, -0.15) is 0 Å². The standard InChI is InChI=1S/C15H20O3/c1-5-8(2)12-7-11-9(3)6-10(4)14(16)13(11)15(17)18-12/h6,8,12,16H,5,7H2,1-4H3/t8-,12+/m0/s1. The molecule has 0 unspecified atom stereocenters. The number of esters is 1. The van der Waals surface area contributed by atoms with Crippen LogP contribution in [0.1, 0.15) is 47.3 Å². The molecule has 1 N–H and O–H groups in total. The molecular weight excluding hydrogens is 228 g/mol. The highest BCUT2D eigenvalue weighted by atomic mass is 16.5. The Labute approximate surface area is 108 Å². The molecule has 0 spiro atoms. The summed E-state index contributed by atoms with van der Waals surface area (Å²) >= 11 is 0. The van der Waals surface area contributed by atoms with Crippen molar-refractivity contribution < 1.29 is 14.6 Å². The van der Waals surface area contributed by atoms with Crippen molar-refractivity contribution in [2.75, 3.05) is 0 Å². The van der Waals surface area contributed by atoms with Gasteiger partial charge >= 0.3 is 5.97 Å². The molecule has 0 saturated carbocycles. The number of fused-ring (bicyclic) bond motifs is 1. The van der Waals surface area contributed by atoms with Crippen LogP contribution in [-0.4, -0.2) is 17.2 Å². The predicted molar refractivity (Wildman–Crippen MR) is 69.9 cm³/mol. The monoisotopic (exact) mass is 248 g/mol. The average Bonchev–Trinajstić information content (AvgIpc) is 2.34. The SMILES string of the molecule is CC[C@H](C)[C@H]1Cc2c(C)cc(C)c(O)c2C(=O)O1. The zero-order valence-corrected chi connectivity index (χ0v) is 11.4. The summed E-state index contributed by atoms with van der Waals surface area (Å²) in [5.41, 5.74) is 3.10. The summed E-state index contributed by atoms with van der Waals surface area (Å²) in [6.07, 6.45) is 1.61. The summed E-state index contributed by atoms with van der Waals surface area (Å²) in [6.45, 7) is 7.97. The van der Waals surface area contributed by atoms with E-state index in [1.807, 2.05) is 13.0 Å². The van der Waals surface area contributed by atoms with Crippen LogP contribution in [0.15, 0.2) is 6.07 Å². The Morgan fingerprint density at radius 1 is 1.44 bits per heavy atom. The number of hydrogen-bond donors (Lipinski definition) is 1. The molecule has 1 aliphatic heterocycles. The lowest BCUT2D eigenvalue weighted by atomic mass is 9.87. The maximum atomic E-state index is 12.1. The van der Waals surface area contributed by atoms with Crippen LogP contribution in [0.2, 0.25) is 0 Å². The first-order valence-corrected chi connectivity index (χ1v) is 6.48. The number of phenols is 1. The summed E-state index contributed by atoms with van der Waals surface area (Å²) < 4.78 is 5.46. The highest BCUT2D eigenvalue weighted by molar-refractivity contribution is 5.96. The van der Waals surface area contributed by atoms with Crippen LogP contribution in [0.5, 0.6) is 5.75 Å². The van der Waals surface area contributed by atoms with Crippen molar-refractivity contribution in [2.45, 2.75) is 46.6 Å². The van der Waals surface area contributed by atoms with E-state index in [0.717, 1.165) is 23.1 Å². The second-order valence-electron chi connectivity index (χ2n) is 5.25. The first kappa shape index (κ1) is 12.9. The van der Waals surface area contributed by atoms with Gasteiger partial charge < -0.3 is 9.84 Å². The molecule has 18 heavy (non-hydrogen) atoms. The number of phenolic OH excluding ortho intramolecular Hbond substituents is 1. The van der Waals surface area contributed by atoms with Crippen molar-refractivity contribution >= 4 is 5.97 Å². The molecule has 0 amide bonds. The number of carbonyl (C=O) groups excluding carboxylic acids is 1. The predicted octanol–water partition coefficient (Wildman–Crippen LogP) is 3.14. The molecule has 1 aromatic rings. The molecule has 1 heterocycles. The van der Waals surface area contributed by atoms with Crippen molar-refractivity contribution in [3.05, 3.63) is 28.3 Å². The van der Waals surface area contributed by atoms with Gasteiger partial charge in [-0.3, -0.25) is 0 Å². The summed E-state index contributed by atoms with van der Waals surface area (Å²) in [4.78, 5) is 12.1. The Bertz CT molecular complexity index is 491. The number of cyclic esters (lactones) is 1. The van der Waals surface area contributed by atoms with Gasteiger partial charge in [0.1, 0.15) is 17.4 Å². The van der Waals surface area contributed by atoms with E-state index in [4.69, 9.17) is 4.74 Å². The second kappa shape index (κ2) is 4.63. The largest absolute Gasteiger partial charge is 0.507 e. The molecule has 1 aromatic carbocycles. The third kappa shape index (κ3) is 1.98. The van der Waals surface area contributed by atoms with Crippen molar-refractivity contribution in [1.82, 2.24) is 0 Å². The number of benzene rings is 1. The minimum atomic E-state index is -0.383. The van der Waals surface area contributed by atoms with E-state index in [1.165, 1.54) is 0 Å². The Morgan fingerprint density at radius 3 is 2.72 bits per heavy atom. The first-order valence-electron chi connectivity index (χ1n) is 6.48. The van der Waals surface area contributed by atoms with Crippen LogP contribution >= 0.6 is 0 Å². The number of ether oxygens (including phenoxy) is 1. The van der Waals surface area contributed by atoms with Gasteiger partial charge in [0.05, 0.1) is 0 Å². The first-order chi connectivity index (χ1) is 8.45. The van der Waals surface area contributed by atoms with Gasteiger partial charge in [0.2, 0.25) is 0 Å². The van der Waals surface area contributed by atoms with Gasteiger partial charge in [0.25, 0.3) is 0 Å². The Morgan fingerprint density at radius 2 is 2.11 bits per heavy atom. The van der Waals surface area contributed by atoms with Crippen molar-refractivity contribution in [2.24, 2.45) is 5.92 Å². The van der Waals surface area contributed by atoms with Crippen molar-refractivity contribution in [3.63, 3.8) is 0 Å². The second-order valence-corrected chi connectivity index (χ2v) is 5.25. The molecule has 2 atom stereocenters. The average molecular weight is 248 g/mol. The molecule has 0 radical (unpaired) electrons. The summed E-state index contributed by atoms with van der Waals surface area (Å²) in [7, 11) is 0. The van der Waals surface area contributed by atoms with Gasteiger partial charge in [0.15, 0.2) is 0 Å². The van der Waals surface area contributed by atoms with Crippen LogP contribution in [0.25, 0.3) is 0 Å². The van der Waals surface area contributed by atoms with E-state index in [9.17, 15) is 9.90 Å². The maximum Gasteiger partial charge on any atom is 0.342 e. The topological polar surface area (TPSA) is 46.5 Å². The molecular formula is C15H20O3. The van der Waals surface area contributed by atoms with Crippen molar-refractivity contribution in [1.29, 1.82) is 0 Å². The number of aromatic hydroxyl groups is 1. The lowest BCUT2D eigenvalue weighted by Crippen LogP contribution is -2.33. The van der Waals surface area contributed by atoms with E-state index in [0.29, 0.717) is 17.9 Å². The van der Waals surface area contributed by atoms with Gasteiger partial charge in [0, 0.05) is 6.42 Å². The van der Waals surface area contributed by atoms with Gasteiger partial charge in [-0.25, -0.2) is 4.79 Å². The van der Waals surface area contributed by atoms with Crippen LogP contribution in [0.4, 0.5) is 0 Å². The summed E-state index contributed by atoms with van der Waals surface area (Å²) in [6, 6.07) is 1.93. The Balaban J connectivity index is 2.49. The molecule has 0 saturated heterocycles. The van der Waals surface area contributed by atoms with Gasteiger partial charge in [-0.15, -0.1) is 0 Å². The fraction of sp³-hybridized carbons (Fsp3) is 0.533. The molecule has 3 nitrogen and oxygen atoms in total. The normalized spacial score (nSPS) is 20.2. The van der Waals surface area contributed by atoms with Crippen molar-refractivity contribution in [3.8, 4) is 5.75 Å². The third-order valence-corrected chi connectivity index (χ3v) is 3.97. The van der Waals surface area contributed by atoms with E-state index in [1.54, 1.807) is 6.92 Å². The molecule has 0 bridgehead atoms. The molecule has 3 heteroatoms. The number of aryl methyl sites for hydroxylation is 2. The lowest BCUT2D eigenvalue weighted by molar-refractivity contribution is 0.0103. The highest BCUT2D eigenvalue weighted by Gasteiger charge is 2.33. The molecule has 0 aliphatic carbocycles. The van der Waals surface area contributed by atoms with E-state index in [-0.39, 0.29) is 17.8 Å². The van der Waals surface area contributed by atoms with Gasteiger partial charge in [-0.05, 0) is 36.5 Å². The fourth-order valence-electron chi connectivity index (χ4n) is 2.52. The molecule has 2 rings (SSSR count). The Hall–Kier alpha value is -1.51. The molecule has 98 valence electrons. The van der Waals surface area contributed by atoms with Crippen LogP contribution in [0.3, 0.4) is 0 Å². The third-order valence-electron chi connectivity index (χ3n) is 3.97. The maximum absolute atomic E-state index is 12.1. The summed E-state index contributed by atoms with van der Waals surface area (Å²) in [5.74, 6) is 0.0268. The number of rotatable bonds is 2. The number of carbonyl (C=O) groups is 1. The minimum absolute atomic E-state index is 0.0724. The van der Waals surface area contributed by atoms with Gasteiger partial charge in [-0.1, -0.05) is 26.3 Å². The zero-order chi connectivity index (χ0) is 13.4. The molecule has 0 fully saturated rings. The van der Waals surface area contributed by atoms with E-state index < -0.39 is 0 Å². The van der Waals surface area contributed by atoms with E-state index >= 15 is 0 Å². The van der Waals surface area contributed by atoms with Crippen LogP contribution < -0.4 is 0 Å². The smallest absolute Gasteiger partial charge is 0.342 e. The zero-order valence-electron chi connectivity index (χ0n) is 11.4. The lowest BCUT2D eigenvalue weighted by Gasteiger charge is -2.30. The molecule has 1 aliphatic rings. The highest BCUT2D eigenvalue weighted by Crippen LogP contribution is 2.35. The quantitative estimate of drug-likeness (QED) is 0.818. The minimum Gasteiger partial charge on any atom is -0.507 e. The van der Waals surface area contributed by atoms with E-state index in [2.05, 4.69) is 13.8 Å². The Kier molecular flexibility index (Phi) is 3.33. The van der Waals surface area contributed by atoms with Crippen LogP contribution in [0, 0.1) is 19.8 Å². The summed E-state index contributed by atoms with van der Waals surface area (Å²) in [5, 5.41) is 10.0. The number of hydrogen-bond acceptors (Lipinski definition) is 3. The fourth-order valence-corrected chi connectivity index (χ4v) is 2.52.